The molecule has 1 aliphatic heterocycles. The van der Waals surface area contributed by atoms with Gasteiger partial charge in [0.1, 0.15) is 5.75 Å². The standard InChI is InChI=1S/C11H12Cl2O3/c1-14-9-4-2-8(3-5-9)11(10(12)13)15-6-7-16-11/h2-5,10H,6-7H2,1H3. The minimum absolute atomic E-state index is 0.488. The van der Waals surface area contributed by atoms with Gasteiger partial charge in [0.2, 0.25) is 5.79 Å². The van der Waals surface area contributed by atoms with Gasteiger partial charge in [0.15, 0.2) is 4.84 Å². The molecule has 0 bridgehead atoms. The second-order valence-electron chi connectivity index (χ2n) is 3.39. The summed E-state index contributed by atoms with van der Waals surface area (Å²) in [6, 6.07) is 7.31. The van der Waals surface area contributed by atoms with Crippen LogP contribution in [0.3, 0.4) is 0 Å². The van der Waals surface area contributed by atoms with Gasteiger partial charge >= 0.3 is 0 Å². The van der Waals surface area contributed by atoms with Gasteiger partial charge in [-0.2, -0.15) is 0 Å². The molecule has 1 aliphatic rings. The zero-order valence-electron chi connectivity index (χ0n) is 8.78. The molecule has 0 spiro atoms. The normalized spacial score (nSPS) is 19.0. The molecule has 0 saturated carbocycles. The fourth-order valence-corrected chi connectivity index (χ4v) is 2.17. The maximum atomic E-state index is 5.93. The molecule has 1 saturated heterocycles. The Morgan fingerprint density at radius 1 is 1.19 bits per heavy atom. The minimum Gasteiger partial charge on any atom is -0.497 e. The Hall–Kier alpha value is -0.480. The summed E-state index contributed by atoms with van der Waals surface area (Å²) in [5, 5.41) is 0. The molecule has 1 heterocycles. The fraction of sp³-hybridized carbons (Fsp3) is 0.455. The van der Waals surface area contributed by atoms with Crippen LogP contribution < -0.4 is 4.74 Å². The van der Waals surface area contributed by atoms with Gasteiger partial charge in [-0.15, -0.1) is 0 Å². The van der Waals surface area contributed by atoms with Crippen LogP contribution >= 0.6 is 23.2 Å². The average molecular weight is 263 g/mol. The summed E-state index contributed by atoms with van der Waals surface area (Å²) in [6.07, 6.45) is 0. The van der Waals surface area contributed by atoms with E-state index in [1.165, 1.54) is 0 Å². The number of methoxy groups -OCH3 is 1. The predicted octanol–water partition coefficient (Wildman–Crippen LogP) is 2.70. The molecule has 0 radical (unpaired) electrons. The first kappa shape index (κ1) is 12.0. The quantitative estimate of drug-likeness (QED) is 0.785. The van der Waals surface area contributed by atoms with Crippen molar-refractivity contribution in [3.05, 3.63) is 29.8 Å². The van der Waals surface area contributed by atoms with E-state index in [4.69, 9.17) is 37.4 Å². The van der Waals surface area contributed by atoms with E-state index in [0.717, 1.165) is 11.3 Å². The molecule has 0 atom stereocenters. The summed E-state index contributed by atoms with van der Waals surface area (Å²) in [6.45, 7) is 0.976. The van der Waals surface area contributed by atoms with Crippen molar-refractivity contribution in [3.63, 3.8) is 0 Å². The van der Waals surface area contributed by atoms with Crippen LogP contribution in [0.15, 0.2) is 24.3 Å². The molecule has 0 aliphatic carbocycles. The van der Waals surface area contributed by atoms with E-state index in [-0.39, 0.29) is 0 Å². The molecule has 1 fully saturated rings. The Labute approximate surface area is 104 Å². The lowest BCUT2D eigenvalue weighted by atomic mass is 10.1. The molecule has 2 rings (SSSR count). The smallest absolute Gasteiger partial charge is 0.226 e. The summed E-state index contributed by atoms with van der Waals surface area (Å²) in [7, 11) is 1.61. The van der Waals surface area contributed by atoms with Gasteiger partial charge < -0.3 is 14.2 Å². The number of rotatable bonds is 3. The number of benzene rings is 1. The molecule has 16 heavy (non-hydrogen) atoms. The monoisotopic (exact) mass is 262 g/mol. The van der Waals surface area contributed by atoms with E-state index in [1.54, 1.807) is 7.11 Å². The largest absolute Gasteiger partial charge is 0.497 e. The third-order valence-electron chi connectivity index (χ3n) is 2.50. The summed E-state index contributed by atoms with van der Waals surface area (Å²) < 4.78 is 16.1. The highest BCUT2D eigenvalue weighted by Crippen LogP contribution is 2.39. The van der Waals surface area contributed by atoms with E-state index >= 15 is 0 Å². The van der Waals surface area contributed by atoms with E-state index < -0.39 is 10.6 Å². The zero-order valence-corrected chi connectivity index (χ0v) is 10.3. The van der Waals surface area contributed by atoms with Crippen LogP contribution in [-0.2, 0) is 15.3 Å². The summed E-state index contributed by atoms with van der Waals surface area (Å²) in [4.78, 5) is -0.775. The van der Waals surface area contributed by atoms with Crippen molar-refractivity contribution in [3.8, 4) is 5.75 Å². The Morgan fingerprint density at radius 3 is 2.19 bits per heavy atom. The van der Waals surface area contributed by atoms with Gasteiger partial charge in [-0.25, -0.2) is 0 Å². The first-order valence-electron chi connectivity index (χ1n) is 4.89. The SMILES string of the molecule is COc1ccc(C2(C(Cl)Cl)OCCO2)cc1. The maximum Gasteiger partial charge on any atom is 0.226 e. The van der Waals surface area contributed by atoms with Crippen LogP contribution in [0.4, 0.5) is 0 Å². The van der Waals surface area contributed by atoms with Crippen LogP contribution in [-0.4, -0.2) is 25.2 Å². The van der Waals surface area contributed by atoms with Crippen LogP contribution in [0.2, 0.25) is 0 Å². The number of halogens is 2. The van der Waals surface area contributed by atoms with Crippen molar-refractivity contribution >= 4 is 23.2 Å². The molecular weight excluding hydrogens is 251 g/mol. The highest BCUT2D eigenvalue weighted by atomic mass is 35.5. The number of hydrogen-bond acceptors (Lipinski definition) is 3. The number of ether oxygens (including phenoxy) is 3. The lowest BCUT2D eigenvalue weighted by Crippen LogP contribution is -2.34. The Balaban J connectivity index is 2.32. The zero-order chi connectivity index (χ0) is 11.6. The van der Waals surface area contributed by atoms with Crippen LogP contribution in [0, 0.1) is 0 Å². The molecule has 0 aromatic heterocycles. The van der Waals surface area contributed by atoms with Gasteiger partial charge in [0, 0.05) is 5.56 Å². The first-order valence-corrected chi connectivity index (χ1v) is 5.77. The van der Waals surface area contributed by atoms with E-state index in [1.807, 2.05) is 24.3 Å². The molecule has 3 nitrogen and oxygen atoms in total. The Morgan fingerprint density at radius 2 is 1.75 bits per heavy atom. The van der Waals surface area contributed by atoms with Gasteiger partial charge in [-0.1, -0.05) is 23.2 Å². The van der Waals surface area contributed by atoms with Crippen molar-refractivity contribution in [2.75, 3.05) is 20.3 Å². The topological polar surface area (TPSA) is 27.7 Å². The summed E-state index contributed by atoms with van der Waals surface area (Å²) in [5.41, 5.74) is 0.792. The van der Waals surface area contributed by atoms with Gasteiger partial charge in [0.05, 0.1) is 20.3 Å². The van der Waals surface area contributed by atoms with Crippen LogP contribution in [0.1, 0.15) is 5.56 Å². The summed E-state index contributed by atoms with van der Waals surface area (Å²) >= 11 is 11.9. The highest BCUT2D eigenvalue weighted by Gasteiger charge is 2.44. The Kier molecular flexibility index (Phi) is 3.60. The second-order valence-corrected chi connectivity index (χ2v) is 4.49. The van der Waals surface area contributed by atoms with Crippen molar-refractivity contribution in [2.24, 2.45) is 0 Å². The fourth-order valence-electron chi connectivity index (χ4n) is 1.67. The molecule has 1 aromatic rings. The van der Waals surface area contributed by atoms with E-state index in [9.17, 15) is 0 Å². The third kappa shape index (κ3) is 2.00. The van der Waals surface area contributed by atoms with Crippen molar-refractivity contribution < 1.29 is 14.2 Å². The van der Waals surface area contributed by atoms with Crippen molar-refractivity contribution in [1.29, 1.82) is 0 Å². The molecule has 0 amide bonds. The van der Waals surface area contributed by atoms with Crippen molar-refractivity contribution in [2.45, 2.75) is 10.6 Å². The molecular formula is C11H12Cl2O3. The molecule has 0 unspecified atom stereocenters. The second kappa shape index (κ2) is 4.80. The van der Waals surface area contributed by atoms with Crippen LogP contribution in [0.25, 0.3) is 0 Å². The lowest BCUT2D eigenvalue weighted by molar-refractivity contribution is -0.154. The first-order chi connectivity index (χ1) is 7.69. The molecule has 1 aromatic carbocycles. The third-order valence-corrected chi connectivity index (χ3v) is 3.07. The van der Waals surface area contributed by atoms with Gasteiger partial charge in [-0.3, -0.25) is 0 Å². The molecule has 88 valence electrons. The van der Waals surface area contributed by atoms with Gasteiger partial charge in [-0.05, 0) is 24.3 Å². The summed E-state index contributed by atoms with van der Waals surface area (Å²) in [5.74, 6) is -0.285. The van der Waals surface area contributed by atoms with Crippen LogP contribution in [0.5, 0.6) is 5.75 Å². The average Bonchev–Trinajstić information content (AvgIpc) is 2.79. The number of alkyl halides is 2. The maximum absolute atomic E-state index is 5.93. The number of hydrogen-bond donors (Lipinski definition) is 0. The lowest BCUT2D eigenvalue weighted by Gasteiger charge is -2.28. The molecule has 0 N–H and O–H groups in total. The highest BCUT2D eigenvalue weighted by molar-refractivity contribution is 6.45. The van der Waals surface area contributed by atoms with Crippen molar-refractivity contribution in [1.82, 2.24) is 0 Å². The van der Waals surface area contributed by atoms with Gasteiger partial charge in [0.25, 0.3) is 0 Å². The predicted molar refractivity (Wildman–Crippen MR) is 62.1 cm³/mol. The van der Waals surface area contributed by atoms with E-state index in [2.05, 4.69) is 0 Å². The minimum atomic E-state index is -1.05. The Bertz CT molecular complexity index is 345. The van der Waals surface area contributed by atoms with E-state index in [0.29, 0.717) is 13.2 Å². The molecule has 5 heteroatoms.